The summed E-state index contributed by atoms with van der Waals surface area (Å²) in [5.74, 6) is 0.786. The SMILES string of the molecule is C[C@H](N)c1cc(Br)ccc1OCCC(=O)N(C)C. The van der Waals surface area contributed by atoms with Gasteiger partial charge in [0.1, 0.15) is 5.75 Å². The smallest absolute Gasteiger partial charge is 0.225 e. The second kappa shape index (κ2) is 6.75. The van der Waals surface area contributed by atoms with E-state index >= 15 is 0 Å². The minimum absolute atomic E-state index is 0.0504. The molecule has 0 heterocycles. The van der Waals surface area contributed by atoms with Gasteiger partial charge < -0.3 is 15.4 Å². The normalized spacial score (nSPS) is 12.1. The Morgan fingerprint density at radius 2 is 2.17 bits per heavy atom. The maximum Gasteiger partial charge on any atom is 0.225 e. The molecule has 0 bridgehead atoms. The van der Waals surface area contributed by atoms with E-state index < -0.39 is 0 Å². The summed E-state index contributed by atoms with van der Waals surface area (Å²) in [5, 5.41) is 0. The first kappa shape index (κ1) is 15.0. The van der Waals surface area contributed by atoms with E-state index in [1.807, 2.05) is 25.1 Å². The van der Waals surface area contributed by atoms with Gasteiger partial charge in [-0.1, -0.05) is 15.9 Å². The van der Waals surface area contributed by atoms with Gasteiger partial charge >= 0.3 is 0 Å². The lowest BCUT2D eigenvalue weighted by molar-refractivity contribution is -0.129. The third kappa shape index (κ3) is 4.31. The zero-order valence-corrected chi connectivity index (χ0v) is 12.5. The second-order valence-corrected chi connectivity index (χ2v) is 5.27. The molecular weight excluding hydrogens is 296 g/mol. The van der Waals surface area contributed by atoms with E-state index in [-0.39, 0.29) is 11.9 Å². The number of hydrogen-bond acceptors (Lipinski definition) is 3. The summed E-state index contributed by atoms with van der Waals surface area (Å²) in [6, 6.07) is 5.59. The second-order valence-electron chi connectivity index (χ2n) is 4.36. The average Bonchev–Trinajstić information content (AvgIpc) is 2.30. The Kier molecular flexibility index (Phi) is 5.62. The van der Waals surface area contributed by atoms with Crippen molar-refractivity contribution < 1.29 is 9.53 Å². The van der Waals surface area contributed by atoms with Crippen molar-refractivity contribution in [1.82, 2.24) is 4.90 Å². The highest BCUT2D eigenvalue weighted by Gasteiger charge is 2.10. The highest BCUT2D eigenvalue weighted by atomic mass is 79.9. The van der Waals surface area contributed by atoms with E-state index in [4.69, 9.17) is 10.5 Å². The molecule has 0 fully saturated rings. The summed E-state index contributed by atoms with van der Waals surface area (Å²) in [6.45, 7) is 2.26. The topological polar surface area (TPSA) is 55.6 Å². The molecule has 0 radical (unpaired) electrons. The van der Waals surface area contributed by atoms with Gasteiger partial charge in [-0.2, -0.15) is 0 Å². The van der Waals surface area contributed by atoms with Crippen molar-refractivity contribution in [2.24, 2.45) is 5.73 Å². The van der Waals surface area contributed by atoms with E-state index in [0.29, 0.717) is 13.0 Å². The summed E-state index contributed by atoms with van der Waals surface area (Å²) < 4.78 is 6.59. The third-order valence-electron chi connectivity index (χ3n) is 2.53. The van der Waals surface area contributed by atoms with Crippen LogP contribution in [0.2, 0.25) is 0 Å². The Balaban J connectivity index is 2.65. The number of carbonyl (C=O) groups is 1. The lowest BCUT2D eigenvalue weighted by atomic mass is 10.1. The van der Waals surface area contributed by atoms with Crippen LogP contribution < -0.4 is 10.5 Å². The van der Waals surface area contributed by atoms with Crippen molar-refractivity contribution in [1.29, 1.82) is 0 Å². The van der Waals surface area contributed by atoms with E-state index in [2.05, 4.69) is 15.9 Å². The molecule has 4 nitrogen and oxygen atoms in total. The first-order valence-electron chi connectivity index (χ1n) is 5.79. The standard InChI is InChI=1S/C13H19BrN2O2/c1-9(15)11-8-10(14)4-5-12(11)18-7-6-13(17)16(2)3/h4-5,8-9H,6-7,15H2,1-3H3/t9-/m0/s1. The summed E-state index contributed by atoms with van der Waals surface area (Å²) in [6.07, 6.45) is 0.363. The molecule has 1 amide bonds. The number of ether oxygens (including phenoxy) is 1. The zero-order valence-electron chi connectivity index (χ0n) is 10.9. The fraction of sp³-hybridized carbons (Fsp3) is 0.462. The van der Waals surface area contributed by atoms with Gasteiger partial charge in [0.05, 0.1) is 13.0 Å². The van der Waals surface area contributed by atoms with Crippen LogP contribution in [0.3, 0.4) is 0 Å². The van der Waals surface area contributed by atoms with E-state index in [0.717, 1.165) is 15.8 Å². The van der Waals surface area contributed by atoms with Crippen LogP contribution in [0.1, 0.15) is 24.9 Å². The van der Waals surface area contributed by atoms with Gasteiger partial charge in [0.2, 0.25) is 5.91 Å². The lowest BCUT2D eigenvalue weighted by Gasteiger charge is -2.15. The van der Waals surface area contributed by atoms with Crippen LogP contribution in [0.25, 0.3) is 0 Å². The van der Waals surface area contributed by atoms with E-state index in [9.17, 15) is 4.79 Å². The van der Waals surface area contributed by atoms with Crippen LogP contribution in [-0.2, 0) is 4.79 Å². The predicted octanol–water partition coefficient (Wildman–Crippen LogP) is 2.33. The Morgan fingerprint density at radius 1 is 1.50 bits per heavy atom. The van der Waals surface area contributed by atoms with Crippen LogP contribution in [0.4, 0.5) is 0 Å². The van der Waals surface area contributed by atoms with Gasteiger partial charge in [-0.3, -0.25) is 4.79 Å². The summed E-state index contributed by atoms with van der Waals surface area (Å²) >= 11 is 3.40. The van der Waals surface area contributed by atoms with Crippen molar-refractivity contribution in [3.05, 3.63) is 28.2 Å². The third-order valence-corrected chi connectivity index (χ3v) is 3.03. The largest absolute Gasteiger partial charge is 0.493 e. The first-order valence-corrected chi connectivity index (χ1v) is 6.59. The van der Waals surface area contributed by atoms with Crippen LogP contribution in [0.5, 0.6) is 5.75 Å². The molecule has 0 aliphatic heterocycles. The van der Waals surface area contributed by atoms with Gasteiger partial charge in [-0.05, 0) is 25.1 Å². The van der Waals surface area contributed by atoms with Crippen LogP contribution >= 0.6 is 15.9 Å². The Morgan fingerprint density at radius 3 is 2.72 bits per heavy atom. The molecule has 0 aliphatic rings. The molecule has 0 unspecified atom stereocenters. The number of hydrogen-bond donors (Lipinski definition) is 1. The number of nitrogens with two attached hydrogens (primary N) is 1. The molecule has 1 aromatic rings. The molecule has 5 heteroatoms. The zero-order chi connectivity index (χ0) is 13.7. The molecule has 1 atom stereocenters. The van der Waals surface area contributed by atoms with Crippen molar-refractivity contribution in [3.8, 4) is 5.75 Å². The molecule has 0 saturated carbocycles. The fourth-order valence-corrected chi connectivity index (χ4v) is 1.86. The van der Waals surface area contributed by atoms with Gasteiger partial charge in [-0.15, -0.1) is 0 Å². The van der Waals surface area contributed by atoms with Gasteiger partial charge in [-0.25, -0.2) is 0 Å². The van der Waals surface area contributed by atoms with Crippen LogP contribution in [-0.4, -0.2) is 31.5 Å². The number of carbonyl (C=O) groups excluding carboxylic acids is 1. The number of rotatable bonds is 5. The van der Waals surface area contributed by atoms with Crippen LogP contribution in [0, 0.1) is 0 Å². The fourth-order valence-electron chi connectivity index (χ4n) is 1.48. The molecular formula is C13H19BrN2O2. The summed E-state index contributed by atoms with van der Waals surface area (Å²) in [5.41, 5.74) is 6.82. The minimum Gasteiger partial charge on any atom is -0.493 e. The summed E-state index contributed by atoms with van der Waals surface area (Å²) in [7, 11) is 3.46. The molecule has 1 rings (SSSR count). The molecule has 2 N–H and O–H groups in total. The molecule has 1 aromatic carbocycles. The quantitative estimate of drug-likeness (QED) is 0.907. The number of benzene rings is 1. The van der Waals surface area contributed by atoms with E-state index in [1.165, 1.54) is 0 Å². The number of nitrogens with zero attached hydrogens (tertiary/aromatic N) is 1. The van der Waals surface area contributed by atoms with Crippen molar-refractivity contribution in [2.45, 2.75) is 19.4 Å². The number of amides is 1. The Labute approximate surface area is 116 Å². The predicted molar refractivity (Wildman–Crippen MR) is 75.6 cm³/mol. The molecule has 0 aliphatic carbocycles. The van der Waals surface area contributed by atoms with Crippen LogP contribution in [0.15, 0.2) is 22.7 Å². The monoisotopic (exact) mass is 314 g/mol. The molecule has 100 valence electrons. The van der Waals surface area contributed by atoms with Crippen molar-refractivity contribution in [2.75, 3.05) is 20.7 Å². The molecule has 0 spiro atoms. The lowest BCUT2D eigenvalue weighted by Crippen LogP contribution is -2.23. The maximum absolute atomic E-state index is 11.4. The molecule has 0 saturated heterocycles. The highest BCUT2D eigenvalue weighted by Crippen LogP contribution is 2.27. The highest BCUT2D eigenvalue weighted by molar-refractivity contribution is 9.10. The van der Waals surface area contributed by atoms with Gasteiger partial charge in [0, 0.05) is 30.2 Å². The first-order chi connectivity index (χ1) is 8.41. The molecule has 18 heavy (non-hydrogen) atoms. The van der Waals surface area contributed by atoms with Gasteiger partial charge in [0.15, 0.2) is 0 Å². The van der Waals surface area contributed by atoms with Crippen molar-refractivity contribution >= 4 is 21.8 Å². The molecule has 0 aromatic heterocycles. The minimum atomic E-state index is -0.109. The van der Waals surface area contributed by atoms with Crippen molar-refractivity contribution in [3.63, 3.8) is 0 Å². The summed E-state index contributed by atoms with van der Waals surface area (Å²) in [4.78, 5) is 13.0. The van der Waals surface area contributed by atoms with E-state index in [1.54, 1.807) is 19.0 Å². The maximum atomic E-state index is 11.4. The number of halogens is 1. The Bertz CT molecular complexity index is 419. The Hall–Kier alpha value is -1.07. The van der Waals surface area contributed by atoms with Gasteiger partial charge in [0.25, 0.3) is 0 Å². The average molecular weight is 315 g/mol.